The lowest BCUT2D eigenvalue weighted by atomic mass is 10.1. The van der Waals surface area contributed by atoms with Gasteiger partial charge in [0, 0.05) is 18.7 Å². The number of para-hydroxylation sites is 2. The summed E-state index contributed by atoms with van der Waals surface area (Å²) in [4.78, 5) is 23.1. The lowest BCUT2D eigenvalue weighted by molar-refractivity contribution is -0.173. The SMILES string of the molecule is Cc1cccc(C)c1OCCCC(=O)Nc1ccccc1CNC(=O)C(F)(F)F. The fraction of sp³-hybridized carbons (Fsp3) is 0.333. The summed E-state index contributed by atoms with van der Waals surface area (Å²) in [7, 11) is 0. The van der Waals surface area contributed by atoms with Crippen molar-refractivity contribution in [1.29, 1.82) is 0 Å². The Balaban J connectivity index is 1.84. The van der Waals surface area contributed by atoms with Crippen molar-refractivity contribution in [3.05, 3.63) is 59.2 Å². The Kier molecular flexibility index (Phi) is 7.64. The van der Waals surface area contributed by atoms with Gasteiger partial charge in [0.25, 0.3) is 0 Å². The van der Waals surface area contributed by atoms with Crippen LogP contribution in [0.1, 0.15) is 29.5 Å². The van der Waals surface area contributed by atoms with Crippen molar-refractivity contribution in [1.82, 2.24) is 5.32 Å². The molecule has 5 nitrogen and oxygen atoms in total. The number of benzene rings is 2. The molecule has 2 N–H and O–H groups in total. The Bertz CT molecular complexity index is 846. The van der Waals surface area contributed by atoms with Crippen LogP contribution in [0.15, 0.2) is 42.5 Å². The first-order chi connectivity index (χ1) is 13.7. The van der Waals surface area contributed by atoms with Crippen LogP contribution in [-0.2, 0) is 16.1 Å². The highest BCUT2D eigenvalue weighted by Gasteiger charge is 2.38. The van der Waals surface area contributed by atoms with Crippen molar-refractivity contribution < 1.29 is 27.5 Å². The zero-order valence-electron chi connectivity index (χ0n) is 16.2. The first kappa shape index (κ1) is 22.3. The number of hydrogen-bond donors (Lipinski definition) is 2. The van der Waals surface area contributed by atoms with E-state index >= 15 is 0 Å². The first-order valence-electron chi connectivity index (χ1n) is 9.10. The summed E-state index contributed by atoms with van der Waals surface area (Å²) in [5.74, 6) is -1.51. The summed E-state index contributed by atoms with van der Waals surface area (Å²) in [5, 5.41) is 4.47. The quantitative estimate of drug-likeness (QED) is 0.641. The lowest BCUT2D eigenvalue weighted by Crippen LogP contribution is -2.36. The van der Waals surface area contributed by atoms with Crippen molar-refractivity contribution in [2.24, 2.45) is 0 Å². The number of alkyl halides is 3. The second-order valence-corrected chi connectivity index (χ2v) is 6.56. The third kappa shape index (κ3) is 6.81. The van der Waals surface area contributed by atoms with Crippen LogP contribution in [0.5, 0.6) is 5.75 Å². The second kappa shape index (κ2) is 9.95. The Morgan fingerprint density at radius 2 is 1.66 bits per heavy atom. The first-order valence-corrected chi connectivity index (χ1v) is 9.10. The molecule has 0 fully saturated rings. The average molecular weight is 408 g/mol. The molecule has 0 aliphatic heterocycles. The van der Waals surface area contributed by atoms with E-state index in [4.69, 9.17) is 4.74 Å². The summed E-state index contributed by atoms with van der Waals surface area (Å²) in [6.45, 7) is 3.92. The molecule has 2 aromatic carbocycles. The van der Waals surface area contributed by atoms with E-state index in [0.717, 1.165) is 16.9 Å². The van der Waals surface area contributed by atoms with E-state index in [-0.39, 0.29) is 18.9 Å². The number of ether oxygens (including phenoxy) is 1. The van der Waals surface area contributed by atoms with Gasteiger partial charge in [-0.15, -0.1) is 0 Å². The Morgan fingerprint density at radius 3 is 2.31 bits per heavy atom. The summed E-state index contributed by atoms with van der Waals surface area (Å²) in [5.41, 5.74) is 2.77. The normalized spacial score (nSPS) is 11.1. The van der Waals surface area contributed by atoms with Gasteiger partial charge >= 0.3 is 12.1 Å². The molecule has 0 aliphatic rings. The molecule has 0 atom stereocenters. The maximum absolute atomic E-state index is 12.3. The summed E-state index contributed by atoms with van der Waals surface area (Å²) in [6.07, 6.45) is -4.28. The van der Waals surface area contributed by atoms with Gasteiger partial charge in [-0.3, -0.25) is 9.59 Å². The van der Waals surface area contributed by atoms with Crippen molar-refractivity contribution in [2.75, 3.05) is 11.9 Å². The average Bonchev–Trinajstić information content (AvgIpc) is 2.65. The van der Waals surface area contributed by atoms with E-state index in [1.54, 1.807) is 23.5 Å². The van der Waals surface area contributed by atoms with Gasteiger partial charge in [0.1, 0.15) is 5.75 Å². The molecule has 0 saturated heterocycles. The summed E-state index contributed by atoms with van der Waals surface area (Å²) in [6, 6.07) is 12.2. The molecule has 0 aliphatic carbocycles. The van der Waals surface area contributed by atoms with Crippen LogP contribution in [0, 0.1) is 13.8 Å². The molecule has 2 aromatic rings. The third-order valence-corrected chi connectivity index (χ3v) is 4.19. The van der Waals surface area contributed by atoms with Crippen LogP contribution < -0.4 is 15.4 Å². The minimum atomic E-state index is -4.95. The predicted octanol–water partition coefficient (Wildman–Crippen LogP) is 4.28. The van der Waals surface area contributed by atoms with Crippen LogP contribution in [-0.4, -0.2) is 24.6 Å². The van der Waals surface area contributed by atoms with Crippen molar-refractivity contribution in [3.8, 4) is 5.75 Å². The number of amides is 2. The minimum absolute atomic E-state index is 0.189. The van der Waals surface area contributed by atoms with Crippen LogP contribution in [0.25, 0.3) is 0 Å². The van der Waals surface area contributed by atoms with Gasteiger partial charge in [-0.2, -0.15) is 13.2 Å². The van der Waals surface area contributed by atoms with E-state index in [9.17, 15) is 22.8 Å². The number of carbonyl (C=O) groups is 2. The molecule has 156 valence electrons. The van der Waals surface area contributed by atoms with Gasteiger partial charge in [-0.05, 0) is 43.0 Å². The fourth-order valence-electron chi connectivity index (χ4n) is 2.72. The van der Waals surface area contributed by atoms with Gasteiger partial charge in [-0.1, -0.05) is 36.4 Å². The smallest absolute Gasteiger partial charge is 0.471 e. The summed E-state index contributed by atoms with van der Waals surface area (Å²) < 4.78 is 42.7. The van der Waals surface area contributed by atoms with E-state index < -0.39 is 12.1 Å². The van der Waals surface area contributed by atoms with Gasteiger partial charge < -0.3 is 15.4 Å². The fourth-order valence-corrected chi connectivity index (χ4v) is 2.72. The topological polar surface area (TPSA) is 67.4 Å². The highest BCUT2D eigenvalue weighted by Crippen LogP contribution is 2.22. The Labute approximate surface area is 167 Å². The molecule has 0 aromatic heterocycles. The molecule has 8 heteroatoms. The third-order valence-electron chi connectivity index (χ3n) is 4.19. The van der Waals surface area contributed by atoms with Crippen molar-refractivity contribution in [3.63, 3.8) is 0 Å². The molecule has 29 heavy (non-hydrogen) atoms. The molecule has 0 heterocycles. The molecule has 0 spiro atoms. The largest absolute Gasteiger partial charge is 0.493 e. The van der Waals surface area contributed by atoms with Crippen molar-refractivity contribution in [2.45, 2.75) is 39.4 Å². The molecule has 2 amide bonds. The van der Waals surface area contributed by atoms with Crippen LogP contribution in [0.4, 0.5) is 18.9 Å². The van der Waals surface area contributed by atoms with Gasteiger partial charge in [0.2, 0.25) is 5.91 Å². The number of anilines is 1. The number of nitrogens with one attached hydrogen (secondary N) is 2. The zero-order chi connectivity index (χ0) is 21.4. The highest BCUT2D eigenvalue weighted by molar-refractivity contribution is 5.91. The van der Waals surface area contributed by atoms with Crippen molar-refractivity contribution >= 4 is 17.5 Å². The maximum atomic E-state index is 12.3. The Hall–Kier alpha value is -3.03. The van der Waals surface area contributed by atoms with Gasteiger partial charge in [0.05, 0.1) is 6.61 Å². The minimum Gasteiger partial charge on any atom is -0.493 e. The molecule has 0 radical (unpaired) electrons. The summed E-state index contributed by atoms with van der Waals surface area (Å²) >= 11 is 0. The second-order valence-electron chi connectivity index (χ2n) is 6.56. The lowest BCUT2D eigenvalue weighted by Gasteiger charge is -2.14. The number of aryl methyl sites for hydroxylation is 2. The number of rotatable bonds is 8. The maximum Gasteiger partial charge on any atom is 0.471 e. The molecule has 0 saturated carbocycles. The number of carbonyl (C=O) groups excluding carboxylic acids is 2. The van der Waals surface area contributed by atoms with Crippen LogP contribution >= 0.6 is 0 Å². The molecule has 0 bridgehead atoms. The van der Waals surface area contributed by atoms with Crippen LogP contribution in [0.3, 0.4) is 0 Å². The number of halogens is 3. The van der Waals surface area contributed by atoms with E-state index in [2.05, 4.69) is 5.32 Å². The van der Waals surface area contributed by atoms with Gasteiger partial charge in [-0.25, -0.2) is 0 Å². The Morgan fingerprint density at radius 1 is 1.00 bits per heavy atom. The van der Waals surface area contributed by atoms with Gasteiger partial charge in [0.15, 0.2) is 0 Å². The predicted molar refractivity (Wildman–Crippen MR) is 104 cm³/mol. The molecule has 0 unspecified atom stereocenters. The van der Waals surface area contributed by atoms with Crippen LogP contribution in [0.2, 0.25) is 0 Å². The molecular formula is C21H23F3N2O3. The monoisotopic (exact) mass is 408 g/mol. The van der Waals surface area contributed by atoms with E-state index in [1.807, 2.05) is 32.0 Å². The molecule has 2 rings (SSSR count). The molecular weight excluding hydrogens is 385 g/mol. The zero-order valence-corrected chi connectivity index (χ0v) is 16.2. The highest BCUT2D eigenvalue weighted by atomic mass is 19.4. The number of hydrogen-bond acceptors (Lipinski definition) is 3. The van der Waals surface area contributed by atoms with E-state index in [1.165, 1.54) is 6.07 Å². The standard InChI is InChI=1S/C21H23F3N2O3/c1-14-7-5-8-15(2)19(14)29-12-6-11-18(27)26-17-10-4-3-9-16(17)13-25-20(28)21(22,23)24/h3-5,7-10H,6,11-13H2,1-2H3,(H,25,28)(H,26,27). The van der Waals surface area contributed by atoms with E-state index in [0.29, 0.717) is 24.3 Å².